The average molecular weight is 346 g/mol. The van der Waals surface area contributed by atoms with Gasteiger partial charge in [-0.05, 0) is 18.6 Å². The lowest BCUT2D eigenvalue weighted by Crippen LogP contribution is -2.32. The topological polar surface area (TPSA) is 137 Å². The summed E-state index contributed by atoms with van der Waals surface area (Å²) in [7, 11) is 0. The molecule has 1 amide bonds. The van der Waals surface area contributed by atoms with E-state index >= 15 is 0 Å². The molecule has 0 saturated heterocycles. The van der Waals surface area contributed by atoms with Crippen molar-refractivity contribution in [2.24, 2.45) is 5.10 Å². The molecule has 1 aromatic heterocycles. The van der Waals surface area contributed by atoms with Crippen LogP contribution in [0, 0.1) is 0 Å². The summed E-state index contributed by atoms with van der Waals surface area (Å²) in [6.07, 6.45) is 2.37. The van der Waals surface area contributed by atoms with E-state index in [0.717, 1.165) is 17.2 Å². The van der Waals surface area contributed by atoms with Gasteiger partial charge in [0.25, 0.3) is 11.5 Å². The highest BCUT2D eigenvalue weighted by molar-refractivity contribution is 5.97. The third-order valence-corrected chi connectivity index (χ3v) is 3.45. The van der Waals surface area contributed by atoms with Crippen LogP contribution >= 0.6 is 0 Å². The molecular weight excluding hydrogens is 328 g/mol. The Kier molecular flexibility index (Phi) is 5.72. The van der Waals surface area contributed by atoms with Crippen molar-refractivity contribution < 1.29 is 15.0 Å². The maximum absolute atomic E-state index is 11.9. The van der Waals surface area contributed by atoms with Crippen molar-refractivity contribution >= 4 is 12.1 Å². The summed E-state index contributed by atoms with van der Waals surface area (Å²) in [5, 5.41) is 23.3. The molecule has 25 heavy (non-hydrogen) atoms. The predicted molar refractivity (Wildman–Crippen MR) is 91.1 cm³/mol. The van der Waals surface area contributed by atoms with E-state index < -0.39 is 23.0 Å². The number of para-hydroxylation sites is 1. The zero-order valence-corrected chi connectivity index (χ0v) is 13.5. The highest BCUT2D eigenvalue weighted by Crippen LogP contribution is 2.15. The van der Waals surface area contributed by atoms with Gasteiger partial charge < -0.3 is 10.2 Å². The smallest absolute Gasteiger partial charge is 0.331 e. The number of phenols is 1. The lowest BCUT2D eigenvalue weighted by atomic mass is 10.2. The van der Waals surface area contributed by atoms with Gasteiger partial charge in [-0.1, -0.05) is 25.5 Å². The van der Waals surface area contributed by atoms with E-state index in [0.29, 0.717) is 6.42 Å². The van der Waals surface area contributed by atoms with Crippen LogP contribution in [0.15, 0.2) is 39.0 Å². The van der Waals surface area contributed by atoms with Gasteiger partial charge in [0.15, 0.2) is 0 Å². The van der Waals surface area contributed by atoms with Crippen LogP contribution in [0.4, 0.5) is 0 Å². The number of aromatic nitrogens is 2. The van der Waals surface area contributed by atoms with E-state index in [1.54, 1.807) is 12.1 Å². The number of phenolic OH excluding ortho intramolecular Hbond substituents is 1. The molecule has 132 valence electrons. The number of nitrogens with zero attached hydrogens (tertiary/aromatic N) is 2. The Bertz CT molecular complexity index is 913. The third kappa shape index (κ3) is 4.14. The normalized spacial score (nSPS) is 10.9. The Morgan fingerprint density at radius 2 is 2.04 bits per heavy atom. The molecule has 0 atom stereocenters. The minimum atomic E-state index is -0.823. The summed E-state index contributed by atoms with van der Waals surface area (Å²) in [6.45, 7) is 2.16. The average Bonchev–Trinajstić information content (AvgIpc) is 2.57. The Morgan fingerprint density at radius 3 is 2.72 bits per heavy atom. The molecule has 9 nitrogen and oxygen atoms in total. The van der Waals surface area contributed by atoms with Crippen molar-refractivity contribution in [1.82, 2.24) is 15.0 Å². The van der Waals surface area contributed by atoms with Crippen molar-refractivity contribution in [3.63, 3.8) is 0 Å². The first-order valence-corrected chi connectivity index (χ1v) is 7.63. The minimum absolute atomic E-state index is 0.00528. The second-order valence-electron chi connectivity index (χ2n) is 5.22. The van der Waals surface area contributed by atoms with Crippen LogP contribution in [-0.2, 0) is 6.54 Å². The van der Waals surface area contributed by atoms with Gasteiger partial charge in [-0.25, -0.2) is 10.2 Å². The first-order chi connectivity index (χ1) is 12.0. The number of rotatable bonds is 6. The van der Waals surface area contributed by atoms with Crippen LogP contribution in [0.3, 0.4) is 0 Å². The molecule has 1 heterocycles. The zero-order chi connectivity index (χ0) is 18.4. The Hall–Kier alpha value is -3.36. The second-order valence-corrected chi connectivity index (χ2v) is 5.22. The Labute approximate surface area is 142 Å². The molecule has 0 aliphatic heterocycles. The van der Waals surface area contributed by atoms with E-state index in [1.807, 2.05) is 6.92 Å². The van der Waals surface area contributed by atoms with Crippen molar-refractivity contribution in [1.29, 1.82) is 0 Å². The van der Waals surface area contributed by atoms with E-state index in [9.17, 15) is 24.6 Å². The van der Waals surface area contributed by atoms with Gasteiger partial charge in [0, 0.05) is 6.54 Å². The van der Waals surface area contributed by atoms with Gasteiger partial charge in [-0.15, -0.1) is 0 Å². The predicted octanol–water partition coefficient (Wildman–Crippen LogP) is 0.512. The third-order valence-electron chi connectivity index (χ3n) is 3.45. The molecule has 0 fully saturated rings. The van der Waals surface area contributed by atoms with Gasteiger partial charge in [0.05, 0.1) is 11.8 Å². The number of aromatic amines is 1. The summed E-state index contributed by atoms with van der Waals surface area (Å²) >= 11 is 0. The zero-order valence-electron chi connectivity index (χ0n) is 13.5. The van der Waals surface area contributed by atoms with Crippen molar-refractivity contribution in [3.05, 3.63) is 56.2 Å². The largest absolute Gasteiger partial charge is 0.507 e. The van der Waals surface area contributed by atoms with Gasteiger partial charge in [0.1, 0.15) is 11.3 Å². The molecule has 0 bridgehead atoms. The Morgan fingerprint density at radius 1 is 1.32 bits per heavy atom. The Balaban J connectivity index is 2.23. The van der Waals surface area contributed by atoms with E-state index in [4.69, 9.17) is 0 Å². The van der Waals surface area contributed by atoms with Crippen molar-refractivity contribution in [2.45, 2.75) is 26.3 Å². The number of H-pyrrole nitrogens is 1. The number of unbranched alkanes of at least 4 members (excludes halogenated alkanes) is 1. The molecule has 1 aromatic carbocycles. The second kappa shape index (κ2) is 7.95. The molecule has 0 aliphatic carbocycles. The highest BCUT2D eigenvalue weighted by atomic mass is 16.3. The first kappa shape index (κ1) is 18.0. The summed E-state index contributed by atoms with van der Waals surface area (Å²) in [5.74, 6) is -1.43. The molecule has 2 aromatic rings. The summed E-state index contributed by atoms with van der Waals surface area (Å²) in [5.41, 5.74) is 0.349. The molecule has 0 unspecified atom stereocenters. The molecule has 0 spiro atoms. The maximum atomic E-state index is 11.9. The molecule has 0 aliphatic rings. The summed E-state index contributed by atoms with van der Waals surface area (Å²) in [6, 6.07) is 5.87. The number of carbonyl (C=O) groups is 1. The van der Waals surface area contributed by atoms with Gasteiger partial charge in [-0.2, -0.15) is 5.10 Å². The number of hydrogen-bond acceptors (Lipinski definition) is 6. The van der Waals surface area contributed by atoms with Gasteiger partial charge >= 0.3 is 5.69 Å². The van der Waals surface area contributed by atoms with Crippen molar-refractivity contribution in [2.75, 3.05) is 0 Å². The molecular formula is C16H18N4O5. The van der Waals surface area contributed by atoms with Crippen LogP contribution in [0.1, 0.15) is 35.7 Å². The van der Waals surface area contributed by atoms with E-state index in [2.05, 4.69) is 15.5 Å². The number of hydrazone groups is 1. The van der Waals surface area contributed by atoms with Crippen molar-refractivity contribution in [3.8, 4) is 11.6 Å². The first-order valence-electron chi connectivity index (χ1n) is 7.63. The fourth-order valence-electron chi connectivity index (χ4n) is 2.10. The standard InChI is InChI=1S/C16H18N4O5/c1-2-3-8-20-15(24)11(13(22)18-16(20)25)9-17-19-14(23)10-6-4-5-7-12(10)21/h4-7,9,21,24H,2-3,8H2,1H3,(H,19,23)(H,18,22,25)/b17-9+. The number of amides is 1. The number of carbonyl (C=O) groups excluding carboxylic acids is 1. The van der Waals surface area contributed by atoms with Crippen LogP contribution < -0.4 is 16.7 Å². The number of hydrogen-bond donors (Lipinski definition) is 4. The highest BCUT2D eigenvalue weighted by Gasteiger charge is 2.13. The SMILES string of the molecule is CCCCn1c(O)c(/C=N/NC(=O)c2ccccc2O)c(=O)[nH]c1=O. The lowest BCUT2D eigenvalue weighted by molar-refractivity contribution is 0.0952. The lowest BCUT2D eigenvalue weighted by Gasteiger charge is -2.08. The number of aromatic hydroxyl groups is 2. The minimum Gasteiger partial charge on any atom is -0.507 e. The van der Waals surface area contributed by atoms with Crippen LogP contribution in [-0.4, -0.2) is 31.9 Å². The van der Waals surface area contributed by atoms with Crippen LogP contribution in [0.2, 0.25) is 0 Å². The summed E-state index contributed by atoms with van der Waals surface area (Å²) < 4.78 is 1.02. The fraction of sp³-hybridized carbons (Fsp3) is 0.250. The molecule has 2 rings (SSSR count). The quantitative estimate of drug-likeness (QED) is 0.446. The molecule has 9 heteroatoms. The van der Waals surface area contributed by atoms with E-state index in [1.165, 1.54) is 12.1 Å². The van der Waals surface area contributed by atoms with Gasteiger partial charge in [-0.3, -0.25) is 19.1 Å². The molecule has 0 radical (unpaired) electrons. The number of nitrogens with one attached hydrogen (secondary N) is 2. The fourth-order valence-corrected chi connectivity index (χ4v) is 2.10. The van der Waals surface area contributed by atoms with Gasteiger partial charge in [0.2, 0.25) is 5.88 Å². The monoisotopic (exact) mass is 346 g/mol. The maximum Gasteiger partial charge on any atom is 0.331 e. The summed E-state index contributed by atoms with van der Waals surface area (Å²) in [4.78, 5) is 37.5. The van der Waals surface area contributed by atoms with Crippen LogP contribution in [0.25, 0.3) is 0 Å². The van der Waals surface area contributed by atoms with Crippen LogP contribution in [0.5, 0.6) is 11.6 Å². The molecule has 4 N–H and O–H groups in total. The molecule has 0 saturated carbocycles. The number of benzene rings is 1. The van der Waals surface area contributed by atoms with E-state index in [-0.39, 0.29) is 23.4 Å².